The molecule has 1 aliphatic rings. The third kappa shape index (κ3) is 8.09. The van der Waals surface area contributed by atoms with Crippen LogP contribution in [0.5, 0.6) is 0 Å². The van der Waals surface area contributed by atoms with Gasteiger partial charge in [-0.15, -0.1) is 0 Å². The quantitative estimate of drug-likeness (QED) is 0.513. The van der Waals surface area contributed by atoms with Crippen LogP contribution in [-0.2, 0) is 14.2 Å². The van der Waals surface area contributed by atoms with Gasteiger partial charge in [-0.3, -0.25) is 9.80 Å². The molecule has 0 radical (unpaired) electrons. The zero-order valence-corrected chi connectivity index (χ0v) is 13.8. The summed E-state index contributed by atoms with van der Waals surface area (Å²) in [7, 11) is 1.68. The Morgan fingerprint density at radius 1 is 0.952 bits per heavy atom. The first-order chi connectivity index (χ1) is 10.3. The van der Waals surface area contributed by atoms with Gasteiger partial charge in [0.15, 0.2) is 0 Å². The monoisotopic (exact) mass is 303 g/mol. The fraction of sp³-hybridized carbons (Fsp3) is 1.00. The Hall–Kier alpha value is -0.240. The zero-order chi connectivity index (χ0) is 15.3. The minimum atomic E-state index is 0.549. The Labute approximate surface area is 129 Å². The highest BCUT2D eigenvalue weighted by Crippen LogP contribution is 2.08. The third-order valence-electron chi connectivity index (χ3n) is 4.02. The van der Waals surface area contributed by atoms with Crippen LogP contribution < -0.4 is 5.73 Å². The Kier molecular flexibility index (Phi) is 11.0. The van der Waals surface area contributed by atoms with Crippen LogP contribution in [0.1, 0.15) is 13.3 Å². The van der Waals surface area contributed by atoms with E-state index < -0.39 is 0 Å². The summed E-state index contributed by atoms with van der Waals surface area (Å²) >= 11 is 0. The molecule has 0 spiro atoms. The molecule has 21 heavy (non-hydrogen) atoms. The molecule has 1 unspecified atom stereocenters. The predicted molar refractivity (Wildman–Crippen MR) is 84.7 cm³/mol. The number of ether oxygens (including phenoxy) is 3. The van der Waals surface area contributed by atoms with Crippen molar-refractivity contribution in [2.45, 2.75) is 19.4 Å². The number of hydrogen-bond donors (Lipinski definition) is 1. The topological polar surface area (TPSA) is 60.2 Å². The van der Waals surface area contributed by atoms with Crippen molar-refractivity contribution in [1.82, 2.24) is 9.80 Å². The fourth-order valence-electron chi connectivity index (χ4n) is 2.58. The van der Waals surface area contributed by atoms with Crippen molar-refractivity contribution in [2.75, 3.05) is 79.4 Å². The molecule has 0 aliphatic carbocycles. The average Bonchev–Trinajstić information content (AvgIpc) is 2.52. The maximum atomic E-state index is 5.81. The molecule has 1 atom stereocenters. The summed E-state index contributed by atoms with van der Waals surface area (Å²) in [6, 6.07) is 0.549. The first-order valence-electron chi connectivity index (χ1n) is 8.12. The van der Waals surface area contributed by atoms with Gasteiger partial charge >= 0.3 is 0 Å². The molecule has 126 valence electrons. The summed E-state index contributed by atoms with van der Waals surface area (Å²) < 4.78 is 15.8. The first kappa shape index (κ1) is 18.8. The zero-order valence-electron chi connectivity index (χ0n) is 13.8. The number of rotatable bonds is 12. The second kappa shape index (κ2) is 12.3. The Balaban J connectivity index is 1.96. The summed E-state index contributed by atoms with van der Waals surface area (Å²) in [6.07, 6.45) is 1.14. The van der Waals surface area contributed by atoms with Crippen LogP contribution in [0.15, 0.2) is 0 Å². The lowest BCUT2D eigenvalue weighted by Gasteiger charge is -2.38. The number of hydrogen-bond acceptors (Lipinski definition) is 6. The number of nitrogens with zero attached hydrogens (tertiary/aromatic N) is 2. The molecule has 0 saturated carbocycles. The molecule has 1 aliphatic heterocycles. The normalized spacial score (nSPS) is 19.0. The van der Waals surface area contributed by atoms with E-state index in [1.807, 2.05) is 0 Å². The summed E-state index contributed by atoms with van der Waals surface area (Å²) in [5, 5.41) is 0. The van der Waals surface area contributed by atoms with Crippen LogP contribution in [0.25, 0.3) is 0 Å². The molecule has 6 heteroatoms. The van der Waals surface area contributed by atoms with Crippen LogP contribution in [0.4, 0.5) is 0 Å². The van der Waals surface area contributed by atoms with Crippen molar-refractivity contribution in [2.24, 2.45) is 5.73 Å². The number of methoxy groups -OCH3 is 1. The summed E-state index contributed by atoms with van der Waals surface area (Å²) in [5.74, 6) is 0. The lowest BCUT2D eigenvalue weighted by molar-refractivity contribution is 0.0140. The summed E-state index contributed by atoms with van der Waals surface area (Å²) in [4.78, 5) is 4.98. The minimum absolute atomic E-state index is 0.549. The third-order valence-corrected chi connectivity index (χ3v) is 4.02. The van der Waals surface area contributed by atoms with Crippen molar-refractivity contribution in [3.05, 3.63) is 0 Å². The molecule has 2 N–H and O–H groups in total. The van der Waals surface area contributed by atoms with E-state index in [1.54, 1.807) is 7.11 Å². The fourth-order valence-corrected chi connectivity index (χ4v) is 2.58. The second-order valence-corrected chi connectivity index (χ2v) is 5.39. The van der Waals surface area contributed by atoms with E-state index in [4.69, 9.17) is 19.9 Å². The van der Waals surface area contributed by atoms with Gasteiger partial charge in [0.1, 0.15) is 0 Å². The first-order valence-corrected chi connectivity index (χ1v) is 8.12. The van der Waals surface area contributed by atoms with Gasteiger partial charge in [0.05, 0.1) is 33.0 Å². The SMILES string of the molecule is CCC(CN)N1CCN(CCOCCOCCOC)CC1. The van der Waals surface area contributed by atoms with Crippen LogP contribution in [0.2, 0.25) is 0 Å². The molecule has 0 aromatic heterocycles. The van der Waals surface area contributed by atoms with E-state index in [2.05, 4.69) is 16.7 Å². The van der Waals surface area contributed by atoms with Gasteiger partial charge in [-0.05, 0) is 6.42 Å². The lowest BCUT2D eigenvalue weighted by Crippen LogP contribution is -2.52. The largest absolute Gasteiger partial charge is 0.382 e. The van der Waals surface area contributed by atoms with Crippen molar-refractivity contribution >= 4 is 0 Å². The Morgan fingerprint density at radius 2 is 1.57 bits per heavy atom. The molecule has 0 aromatic rings. The highest BCUT2D eigenvalue weighted by atomic mass is 16.5. The van der Waals surface area contributed by atoms with E-state index in [9.17, 15) is 0 Å². The molecule has 0 bridgehead atoms. The van der Waals surface area contributed by atoms with E-state index in [0.29, 0.717) is 32.5 Å². The highest BCUT2D eigenvalue weighted by molar-refractivity contribution is 4.78. The summed E-state index contributed by atoms with van der Waals surface area (Å²) in [6.45, 7) is 11.8. The molecule has 1 heterocycles. The van der Waals surface area contributed by atoms with E-state index in [1.165, 1.54) is 0 Å². The van der Waals surface area contributed by atoms with Crippen molar-refractivity contribution in [3.63, 3.8) is 0 Å². The van der Waals surface area contributed by atoms with Gasteiger partial charge in [-0.2, -0.15) is 0 Å². The van der Waals surface area contributed by atoms with Crippen LogP contribution >= 0.6 is 0 Å². The maximum Gasteiger partial charge on any atom is 0.0701 e. The van der Waals surface area contributed by atoms with Gasteiger partial charge < -0.3 is 19.9 Å². The molecule has 1 saturated heterocycles. The van der Waals surface area contributed by atoms with Gasteiger partial charge in [0, 0.05) is 52.4 Å². The van der Waals surface area contributed by atoms with Gasteiger partial charge in [0.25, 0.3) is 0 Å². The Bertz CT molecular complexity index is 232. The van der Waals surface area contributed by atoms with Crippen LogP contribution in [0, 0.1) is 0 Å². The average molecular weight is 303 g/mol. The molecule has 1 fully saturated rings. The smallest absolute Gasteiger partial charge is 0.0701 e. The molecular formula is C15H33N3O3. The predicted octanol–water partition coefficient (Wildman–Crippen LogP) is 0.0209. The van der Waals surface area contributed by atoms with Crippen LogP contribution in [0.3, 0.4) is 0 Å². The van der Waals surface area contributed by atoms with E-state index >= 15 is 0 Å². The number of piperazine rings is 1. The molecule has 1 rings (SSSR count). The maximum absolute atomic E-state index is 5.81. The lowest BCUT2D eigenvalue weighted by atomic mass is 10.1. The van der Waals surface area contributed by atoms with Crippen molar-refractivity contribution < 1.29 is 14.2 Å². The standard InChI is InChI=1S/C15H33N3O3/c1-3-15(14-16)18-6-4-17(5-7-18)8-9-20-12-13-21-11-10-19-2/h15H,3-14,16H2,1-2H3. The van der Waals surface area contributed by atoms with Crippen molar-refractivity contribution in [1.29, 1.82) is 0 Å². The van der Waals surface area contributed by atoms with E-state index in [0.717, 1.165) is 52.3 Å². The van der Waals surface area contributed by atoms with Gasteiger partial charge in [0.2, 0.25) is 0 Å². The highest BCUT2D eigenvalue weighted by Gasteiger charge is 2.21. The summed E-state index contributed by atoms with van der Waals surface area (Å²) in [5.41, 5.74) is 5.81. The number of nitrogens with two attached hydrogens (primary N) is 1. The molecule has 0 amide bonds. The second-order valence-electron chi connectivity index (χ2n) is 5.39. The molecule has 0 aromatic carbocycles. The molecule has 6 nitrogen and oxygen atoms in total. The van der Waals surface area contributed by atoms with Gasteiger partial charge in [-0.1, -0.05) is 6.92 Å². The van der Waals surface area contributed by atoms with Crippen molar-refractivity contribution in [3.8, 4) is 0 Å². The Morgan fingerprint density at radius 3 is 2.14 bits per heavy atom. The molecular weight excluding hydrogens is 270 g/mol. The van der Waals surface area contributed by atoms with E-state index in [-0.39, 0.29) is 0 Å². The van der Waals surface area contributed by atoms with Crippen LogP contribution in [-0.4, -0.2) is 95.3 Å². The van der Waals surface area contributed by atoms with Gasteiger partial charge in [-0.25, -0.2) is 0 Å². The minimum Gasteiger partial charge on any atom is -0.382 e.